The Labute approximate surface area is 185 Å². The van der Waals surface area contributed by atoms with Crippen molar-refractivity contribution in [2.75, 3.05) is 33.5 Å². The molecule has 3 rings (SSSR count). The van der Waals surface area contributed by atoms with Crippen LogP contribution >= 0.6 is 0 Å². The van der Waals surface area contributed by atoms with Gasteiger partial charge in [-0.3, -0.25) is 4.99 Å². The SMILES string of the molecule is CCCOc1ncccc1CNC(=NC)NCc1ccc(C)cc1OCC1CCOC1. The highest BCUT2D eigenvalue weighted by Crippen LogP contribution is 2.22. The van der Waals surface area contributed by atoms with Gasteiger partial charge < -0.3 is 24.8 Å². The molecule has 31 heavy (non-hydrogen) atoms. The molecule has 0 radical (unpaired) electrons. The number of guanidine groups is 1. The summed E-state index contributed by atoms with van der Waals surface area (Å²) >= 11 is 0. The first kappa shape index (κ1) is 22.9. The molecular formula is C24H34N4O3. The lowest BCUT2D eigenvalue weighted by Gasteiger charge is -2.17. The van der Waals surface area contributed by atoms with Crippen molar-refractivity contribution in [3.8, 4) is 11.6 Å². The molecule has 1 saturated heterocycles. The summed E-state index contributed by atoms with van der Waals surface area (Å²) in [6, 6.07) is 10.2. The van der Waals surface area contributed by atoms with E-state index in [-0.39, 0.29) is 0 Å². The maximum absolute atomic E-state index is 6.15. The molecule has 0 aliphatic carbocycles. The van der Waals surface area contributed by atoms with Crippen LogP contribution < -0.4 is 20.1 Å². The van der Waals surface area contributed by atoms with Gasteiger partial charge in [0.2, 0.25) is 5.88 Å². The highest BCUT2D eigenvalue weighted by atomic mass is 16.5. The van der Waals surface area contributed by atoms with Gasteiger partial charge in [-0.2, -0.15) is 0 Å². The Morgan fingerprint density at radius 3 is 2.77 bits per heavy atom. The Morgan fingerprint density at radius 1 is 1.19 bits per heavy atom. The number of aromatic nitrogens is 1. The number of benzene rings is 1. The number of pyridine rings is 1. The van der Waals surface area contributed by atoms with E-state index >= 15 is 0 Å². The average molecular weight is 427 g/mol. The molecule has 1 aromatic heterocycles. The summed E-state index contributed by atoms with van der Waals surface area (Å²) in [7, 11) is 1.76. The molecule has 7 nitrogen and oxygen atoms in total. The summed E-state index contributed by atoms with van der Waals surface area (Å²) in [5.41, 5.74) is 3.28. The molecule has 2 N–H and O–H groups in total. The average Bonchev–Trinajstić information content (AvgIpc) is 3.31. The van der Waals surface area contributed by atoms with E-state index in [1.807, 2.05) is 12.1 Å². The maximum atomic E-state index is 6.15. The molecule has 1 aliphatic rings. The molecule has 0 spiro atoms. The Hall–Kier alpha value is -2.80. The van der Waals surface area contributed by atoms with Crippen LogP contribution in [0.1, 0.15) is 36.5 Å². The number of rotatable bonds is 10. The third-order valence-corrected chi connectivity index (χ3v) is 5.13. The fourth-order valence-corrected chi connectivity index (χ4v) is 3.33. The number of nitrogens with one attached hydrogen (secondary N) is 2. The number of hydrogen-bond acceptors (Lipinski definition) is 5. The number of aryl methyl sites for hydroxylation is 1. The van der Waals surface area contributed by atoms with Crippen LogP contribution in [0.4, 0.5) is 0 Å². The zero-order valence-corrected chi connectivity index (χ0v) is 18.8. The van der Waals surface area contributed by atoms with Gasteiger partial charge >= 0.3 is 0 Å². The summed E-state index contributed by atoms with van der Waals surface area (Å²) < 4.78 is 17.3. The minimum absolute atomic E-state index is 0.472. The summed E-state index contributed by atoms with van der Waals surface area (Å²) in [5.74, 6) is 2.76. The largest absolute Gasteiger partial charge is 0.493 e. The molecule has 0 saturated carbocycles. The molecule has 1 fully saturated rings. The van der Waals surface area contributed by atoms with Crippen LogP contribution in [0, 0.1) is 12.8 Å². The molecule has 1 unspecified atom stereocenters. The topological polar surface area (TPSA) is 77.0 Å². The summed E-state index contributed by atoms with van der Waals surface area (Å²) in [4.78, 5) is 8.68. The molecule has 168 valence electrons. The van der Waals surface area contributed by atoms with E-state index in [9.17, 15) is 0 Å². The molecule has 1 aliphatic heterocycles. The summed E-state index contributed by atoms with van der Waals surface area (Å²) in [5, 5.41) is 6.72. The lowest BCUT2D eigenvalue weighted by molar-refractivity contribution is 0.166. The van der Waals surface area contributed by atoms with Gasteiger partial charge in [-0.25, -0.2) is 4.98 Å². The van der Waals surface area contributed by atoms with Gasteiger partial charge in [0.25, 0.3) is 0 Å². The second kappa shape index (κ2) is 12.2. The first-order valence-corrected chi connectivity index (χ1v) is 11.0. The third-order valence-electron chi connectivity index (χ3n) is 5.13. The minimum atomic E-state index is 0.472. The zero-order chi connectivity index (χ0) is 21.9. The van der Waals surface area contributed by atoms with Gasteiger partial charge in [0, 0.05) is 50.0 Å². The Balaban J connectivity index is 1.56. The van der Waals surface area contributed by atoms with Crippen molar-refractivity contribution in [2.45, 2.75) is 39.8 Å². The molecule has 0 amide bonds. The fraction of sp³-hybridized carbons (Fsp3) is 0.500. The van der Waals surface area contributed by atoms with Gasteiger partial charge in [-0.1, -0.05) is 25.1 Å². The van der Waals surface area contributed by atoms with Crippen molar-refractivity contribution in [1.82, 2.24) is 15.6 Å². The summed E-state index contributed by atoms with van der Waals surface area (Å²) in [6.45, 7) is 8.31. The molecule has 7 heteroatoms. The second-order valence-corrected chi connectivity index (χ2v) is 7.75. The van der Waals surface area contributed by atoms with Crippen LogP contribution in [0.25, 0.3) is 0 Å². The van der Waals surface area contributed by atoms with Crippen molar-refractivity contribution in [2.24, 2.45) is 10.9 Å². The monoisotopic (exact) mass is 426 g/mol. The van der Waals surface area contributed by atoms with Crippen LogP contribution in [0.3, 0.4) is 0 Å². The lowest BCUT2D eigenvalue weighted by Crippen LogP contribution is -2.36. The predicted molar refractivity (Wildman–Crippen MR) is 123 cm³/mol. The lowest BCUT2D eigenvalue weighted by atomic mass is 10.1. The van der Waals surface area contributed by atoms with E-state index in [1.165, 1.54) is 5.56 Å². The Kier molecular flexibility index (Phi) is 8.97. The van der Waals surface area contributed by atoms with Crippen LogP contribution in [0.5, 0.6) is 11.6 Å². The predicted octanol–water partition coefficient (Wildman–Crippen LogP) is 3.46. The summed E-state index contributed by atoms with van der Waals surface area (Å²) in [6.07, 6.45) is 3.76. The van der Waals surface area contributed by atoms with Gasteiger partial charge in [-0.15, -0.1) is 0 Å². The van der Waals surface area contributed by atoms with E-state index < -0.39 is 0 Å². The van der Waals surface area contributed by atoms with Crippen molar-refractivity contribution < 1.29 is 14.2 Å². The van der Waals surface area contributed by atoms with Gasteiger partial charge in [0.05, 0.1) is 19.8 Å². The first-order chi connectivity index (χ1) is 15.2. The van der Waals surface area contributed by atoms with E-state index in [0.29, 0.717) is 44.1 Å². The quantitative estimate of drug-likeness (QED) is 0.448. The minimum Gasteiger partial charge on any atom is -0.493 e. The maximum Gasteiger partial charge on any atom is 0.218 e. The van der Waals surface area contributed by atoms with Crippen molar-refractivity contribution in [3.63, 3.8) is 0 Å². The van der Waals surface area contributed by atoms with E-state index in [0.717, 1.165) is 42.9 Å². The van der Waals surface area contributed by atoms with Crippen molar-refractivity contribution in [1.29, 1.82) is 0 Å². The Bertz CT molecular complexity index is 850. The van der Waals surface area contributed by atoms with E-state index in [1.54, 1.807) is 13.2 Å². The molecule has 2 heterocycles. The van der Waals surface area contributed by atoms with E-state index in [4.69, 9.17) is 14.2 Å². The van der Waals surface area contributed by atoms with Gasteiger partial charge in [0.1, 0.15) is 5.75 Å². The molecular weight excluding hydrogens is 392 g/mol. The van der Waals surface area contributed by atoms with Crippen LogP contribution in [0.15, 0.2) is 41.5 Å². The smallest absolute Gasteiger partial charge is 0.218 e. The first-order valence-electron chi connectivity index (χ1n) is 11.0. The molecule has 1 atom stereocenters. The third kappa shape index (κ3) is 7.14. The number of hydrogen-bond donors (Lipinski definition) is 2. The van der Waals surface area contributed by atoms with Crippen LogP contribution in [-0.4, -0.2) is 44.4 Å². The highest BCUT2D eigenvalue weighted by Gasteiger charge is 2.17. The molecule has 2 aromatic rings. The number of ether oxygens (including phenoxy) is 3. The molecule has 0 bridgehead atoms. The van der Waals surface area contributed by atoms with Crippen molar-refractivity contribution >= 4 is 5.96 Å². The van der Waals surface area contributed by atoms with Crippen LogP contribution in [-0.2, 0) is 17.8 Å². The number of nitrogens with zero attached hydrogens (tertiary/aromatic N) is 2. The standard InChI is InChI=1S/C24H34N4O3/c1-4-11-30-23-21(6-5-10-26-23)15-28-24(25-3)27-14-20-8-7-18(2)13-22(20)31-17-19-9-12-29-16-19/h5-8,10,13,19H,4,9,11-12,14-17H2,1-3H3,(H2,25,27,28). The molecule has 1 aromatic carbocycles. The van der Waals surface area contributed by atoms with Gasteiger partial charge in [0.15, 0.2) is 5.96 Å². The number of aliphatic imine (C=N–C) groups is 1. The fourth-order valence-electron chi connectivity index (χ4n) is 3.33. The van der Waals surface area contributed by atoms with Crippen molar-refractivity contribution in [3.05, 3.63) is 53.2 Å². The second-order valence-electron chi connectivity index (χ2n) is 7.75. The van der Waals surface area contributed by atoms with Crippen LogP contribution in [0.2, 0.25) is 0 Å². The highest BCUT2D eigenvalue weighted by molar-refractivity contribution is 5.79. The van der Waals surface area contributed by atoms with E-state index in [2.05, 4.69) is 52.7 Å². The van der Waals surface area contributed by atoms with Gasteiger partial charge in [-0.05, 0) is 37.5 Å². The zero-order valence-electron chi connectivity index (χ0n) is 18.8. The normalized spacial score (nSPS) is 16.2. The Morgan fingerprint density at radius 2 is 2.03 bits per heavy atom.